The molecule has 0 radical (unpaired) electrons. The van der Waals surface area contributed by atoms with Gasteiger partial charge < -0.3 is 15.1 Å². The van der Waals surface area contributed by atoms with Crippen LogP contribution in [0.1, 0.15) is 24.0 Å². The molecule has 2 amide bonds. The molecule has 22 heavy (non-hydrogen) atoms. The summed E-state index contributed by atoms with van der Waals surface area (Å²) >= 11 is 0. The average Bonchev–Trinajstić information content (AvgIpc) is 2.91. The molecule has 0 bridgehead atoms. The number of nitrogens with one attached hydrogen (secondary N) is 1. The highest BCUT2D eigenvalue weighted by Crippen LogP contribution is 2.23. The smallest absolute Gasteiger partial charge is 0.245 e. The van der Waals surface area contributed by atoms with Crippen LogP contribution in [0, 0.1) is 6.92 Å². The number of hydrogen-bond donors (Lipinski definition) is 1. The summed E-state index contributed by atoms with van der Waals surface area (Å²) in [5, 5.41) is 3.25. The van der Waals surface area contributed by atoms with Crippen LogP contribution in [-0.4, -0.2) is 53.8 Å². The Morgan fingerprint density at radius 1 is 1.23 bits per heavy atom. The van der Waals surface area contributed by atoms with Gasteiger partial charge in [-0.3, -0.25) is 9.59 Å². The molecule has 1 aromatic rings. The fourth-order valence-corrected chi connectivity index (χ4v) is 3.17. The van der Waals surface area contributed by atoms with Gasteiger partial charge in [0, 0.05) is 39.1 Å². The standard InChI is InChI=1S/C17H23N3O2/c1-13-2-4-14(5-3-13)12-20-15(6-7-16(20)21)17(22)19-10-8-18-9-11-19/h2-5,15,18H,6-12H2,1H3. The molecule has 2 aliphatic heterocycles. The molecule has 1 atom stereocenters. The predicted molar refractivity (Wildman–Crippen MR) is 84.2 cm³/mol. The van der Waals surface area contributed by atoms with Crippen LogP contribution < -0.4 is 5.32 Å². The number of piperazine rings is 1. The van der Waals surface area contributed by atoms with Crippen molar-refractivity contribution in [2.24, 2.45) is 0 Å². The summed E-state index contributed by atoms with van der Waals surface area (Å²) in [6.07, 6.45) is 1.13. The second-order valence-corrected chi connectivity index (χ2v) is 6.14. The Bertz CT molecular complexity index is 550. The highest BCUT2D eigenvalue weighted by molar-refractivity contribution is 5.91. The molecule has 2 heterocycles. The van der Waals surface area contributed by atoms with Crippen molar-refractivity contribution in [3.05, 3.63) is 35.4 Å². The van der Waals surface area contributed by atoms with Gasteiger partial charge >= 0.3 is 0 Å². The van der Waals surface area contributed by atoms with Crippen molar-refractivity contribution in [2.75, 3.05) is 26.2 Å². The molecule has 2 aliphatic rings. The zero-order chi connectivity index (χ0) is 15.5. The van der Waals surface area contributed by atoms with Crippen molar-refractivity contribution in [1.82, 2.24) is 15.1 Å². The van der Waals surface area contributed by atoms with E-state index in [0.29, 0.717) is 19.4 Å². The van der Waals surface area contributed by atoms with Gasteiger partial charge in [0.2, 0.25) is 11.8 Å². The van der Waals surface area contributed by atoms with E-state index in [1.54, 1.807) is 4.90 Å². The average molecular weight is 301 g/mol. The van der Waals surface area contributed by atoms with E-state index in [4.69, 9.17) is 0 Å². The monoisotopic (exact) mass is 301 g/mol. The van der Waals surface area contributed by atoms with Crippen LogP contribution in [0.4, 0.5) is 0 Å². The van der Waals surface area contributed by atoms with Crippen molar-refractivity contribution >= 4 is 11.8 Å². The lowest BCUT2D eigenvalue weighted by atomic mass is 10.1. The first-order valence-corrected chi connectivity index (χ1v) is 7.99. The van der Waals surface area contributed by atoms with Crippen LogP contribution in [-0.2, 0) is 16.1 Å². The molecule has 3 rings (SSSR count). The molecule has 0 saturated carbocycles. The third kappa shape index (κ3) is 3.14. The highest BCUT2D eigenvalue weighted by atomic mass is 16.2. The lowest BCUT2D eigenvalue weighted by Gasteiger charge is -2.33. The number of amides is 2. The largest absolute Gasteiger partial charge is 0.338 e. The van der Waals surface area contributed by atoms with Gasteiger partial charge in [-0.2, -0.15) is 0 Å². The SMILES string of the molecule is Cc1ccc(CN2C(=O)CCC2C(=O)N2CCNCC2)cc1. The number of rotatable bonds is 3. The van der Waals surface area contributed by atoms with E-state index in [-0.39, 0.29) is 17.9 Å². The van der Waals surface area contributed by atoms with Crippen LogP contribution in [0.15, 0.2) is 24.3 Å². The molecule has 1 aromatic carbocycles. The van der Waals surface area contributed by atoms with E-state index in [9.17, 15) is 9.59 Å². The van der Waals surface area contributed by atoms with E-state index in [2.05, 4.69) is 5.32 Å². The minimum Gasteiger partial charge on any atom is -0.338 e. The lowest BCUT2D eigenvalue weighted by molar-refractivity contribution is -0.142. The Kier molecular flexibility index (Phi) is 4.43. The predicted octanol–water partition coefficient (Wildman–Crippen LogP) is 0.918. The van der Waals surface area contributed by atoms with E-state index in [1.807, 2.05) is 36.1 Å². The summed E-state index contributed by atoms with van der Waals surface area (Å²) in [6, 6.07) is 7.87. The number of carbonyl (C=O) groups excluding carboxylic acids is 2. The molecule has 118 valence electrons. The number of carbonyl (C=O) groups is 2. The maximum Gasteiger partial charge on any atom is 0.245 e. The molecule has 0 aromatic heterocycles. The van der Waals surface area contributed by atoms with Crippen molar-refractivity contribution in [3.8, 4) is 0 Å². The maximum absolute atomic E-state index is 12.7. The first-order chi connectivity index (χ1) is 10.6. The van der Waals surface area contributed by atoms with Gasteiger partial charge in [0.1, 0.15) is 6.04 Å². The highest BCUT2D eigenvalue weighted by Gasteiger charge is 2.38. The lowest BCUT2D eigenvalue weighted by Crippen LogP contribution is -2.52. The minimum atomic E-state index is -0.285. The summed E-state index contributed by atoms with van der Waals surface area (Å²) in [5.41, 5.74) is 2.28. The fourth-order valence-electron chi connectivity index (χ4n) is 3.17. The molecule has 0 aliphatic carbocycles. The molecule has 5 nitrogen and oxygen atoms in total. The van der Waals surface area contributed by atoms with Gasteiger partial charge in [-0.1, -0.05) is 29.8 Å². The van der Waals surface area contributed by atoms with Gasteiger partial charge in [0.25, 0.3) is 0 Å². The third-order valence-corrected chi connectivity index (χ3v) is 4.52. The first-order valence-electron chi connectivity index (χ1n) is 7.99. The normalized spacial score (nSPS) is 22.2. The van der Waals surface area contributed by atoms with Crippen LogP contribution in [0.2, 0.25) is 0 Å². The van der Waals surface area contributed by atoms with E-state index in [0.717, 1.165) is 31.7 Å². The first kappa shape index (κ1) is 15.0. The zero-order valence-corrected chi connectivity index (χ0v) is 13.0. The Labute approximate surface area is 131 Å². The molecule has 0 spiro atoms. The molecule has 2 fully saturated rings. The second-order valence-electron chi connectivity index (χ2n) is 6.14. The topological polar surface area (TPSA) is 52.7 Å². The second kappa shape index (κ2) is 6.48. The maximum atomic E-state index is 12.7. The van der Waals surface area contributed by atoms with Gasteiger partial charge in [-0.25, -0.2) is 0 Å². The van der Waals surface area contributed by atoms with Gasteiger partial charge in [0.05, 0.1) is 0 Å². The number of aryl methyl sites for hydroxylation is 1. The zero-order valence-electron chi connectivity index (χ0n) is 13.0. The number of hydrogen-bond acceptors (Lipinski definition) is 3. The molecular weight excluding hydrogens is 278 g/mol. The Hall–Kier alpha value is -1.88. The number of nitrogens with zero attached hydrogens (tertiary/aromatic N) is 2. The van der Waals surface area contributed by atoms with E-state index < -0.39 is 0 Å². The van der Waals surface area contributed by atoms with Crippen molar-refractivity contribution < 1.29 is 9.59 Å². The summed E-state index contributed by atoms with van der Waals surface area (Å²) < 4.78 is 0. The Balaban J connectivity index is 1.71. The quantitative estimate of drug-likeness (QED) is 0.903. The summed E-state index contributed by atoms with van der Waals surface area (Å²) in [6.45, 7) is 5.72. The van der Waals surface area contributed by atoms with Crippen LogP contribution in [0.25, 0.3) is 0 Å². The van der Waals surface area contributed by atoms with Gasteiger partial charge in [-0.05, 0) is 18.9 Å². The fraction of sp³-hybridized carbons (Fsp3) is 0.529. The Morgan fingerprint density at radius 2 is 1.91 bits per heavy atom. The van der Waals surface area contributed by atoms with Gasteiger partial charge in [0.15, 0.2) is 0 Å². The molecule has 1 unspecified atom stereocenters. The van der Waals surface area contributed by atoms with Crippen LogP contribution >= 0.6 is 0 Å². The molecule has 5 heteroatoms. The van der Waals surface area contributed by atoms with E-state index >= 15 is 0 Å². The number of benzene rings is 1. The van der Waals surface area contributed by atoms with Crippen molar-refractivity contribution in [1.29, 1.82) is 0 Å². The number of likely N-dealkylation sites (tertiary alicyclic amines) is 1. The molecule has 1 N–H and O–H groups in total. The van der Waals surface area contributed by atoms with Crippen molar-refractivity contribution in [3.63, 3.8) is 0 Å². The third-order valence-electron chi connectivity index (χ3n) is 4.52. The van der Waals surface area contributed by atoms with Crippen molar-refractivity contribution in [2.45, 2.75) is 32.4 Å². The molecule has 2 saturated heterocycles. The summed E-state index contributed by atoms with van der Waals surface area (Å²) in [7, 11) is 0. The summed E-state index contributed by atoms with van der Waals surface area (Å²) in [5.74, 6) is 0.202. The van der Waals surface area contributed by atoms with E-state index in [1.165, 1.54) is 5.56 Å². The minimum absolute atomic E-state index is 0.0917. The summed E-state index contributed by atoms with van der Waals surface area (Å²) in [4.78, 5) is 28.5. The Morgan fingerprint density at radius 3 is 2.59 bits per heavy atom. The van der Waals surface area contributed by atoms with Crippen LogP contribution in [0.3, 0.4) is 0 Å². The van der Waals surface area contributed by atoms with Gasteiger partial charge in [-0.15, -0.1) is 0 Å². The molecular formula is C17H23N3O2. The van der Waals surface area contributed by atoms with Crippen LogP contribution in [0.5, 0.6) is 0 Å².